The van der Waals surface area contributed by atoms with Crippen LogP contribution in [0.25, 0.3) is 10.4 Å². The number of aromatic nitrogens is 1. The quantitative estimate of drug-likeness (QED) is 0.650. The molecular formula is C10H11NS. The number of hydrogen-bond acceptors (Lipinski definition) is 2. The number of rotatable bonds is 1. The van der Waals surface area contributed by atoms with Gasteiger partial charge < -0.3 is 0 Å². The van der Waals surface area contributed by atoms with Crippen LogP contribution in [0.5, 0.6) is 0 Å². The van der Waals surface area contributed by atoms with Crippen molar-refractivity contribution in [3.05, 3.63) is 29.4 Å². The summed E-state index contributed by atoms with van der Waals surface area (Å²) in [4.78, 5) is 6.83. The van der Waals surface area contributed by atoms with Crippen LogP contribution in [0.2, 0.25) is 0 Å². The summed E-state index contributed by atoms with van der Waals surface area (Å²) in [6.45, 7) is 4.43. The van der Waals surface area contributed by atoms with Gasteiger partial charge in [-0.15, -0.1) is 11.3 Å². The van der Waals surface area contributed by atoms with E-state index in [1.54, 1.807) is 0 Å². The summed E-state index contributed by atoms with van der Waals surface area (Å²) in [7, 11) is 0. The molecule has 2 heteroatoms. The van der Waals surface area contributed by atoms with E-state index in [-0.39, 0.29) is 0 Å². The lowest BCUT2D eigenvalue weighted by molar-refractivity contribution is 0.888. The Morgan fingerprint density at radius 2 is 2.08 bits per heavy atom. The molecule has 0 fully saturated rings. The summed E-state index contributed by atoms with van der Waals surface area (Å²) in [6, 6.07) is 4.34. The summed E-state index contributed by atoms with van der Waals surface area (Å²) in [6.07, 6.45) is 3.85. The third-order valence-electron chi connectivity index (χ3n) is 1.91. The molecule has 0 saturated heterocycles. The zero-order valence-electron chi connectivity index (χ0n) is 7.24. The van der Waals surface area contributed by atoms with Crippen LogP contribution in [-0.4, -0.2) is 4.98 Å². The van der Waals surface area contributed by atoms with Crippen molar-refractivity contribution in [2.24, 2.45) is 0 Å². The number of hydrogen-bond donors (Lipinski definition) is 0. The second-order valence-electron chi connectivity index (χ2n) is 3.22. The van der Waals surface area contributed by atoms with Gasteiger partial charge >= 0.3 is 0 Å². The highest BCUT2D eigenvalue weighted by atomic mass is 32.1. The maximum atomic E-state index is 4.11. The smallest absolute Gasteiger partial charge is 0.0543 e. The largest absolute Gasteiger partial charge is 0.263 e. The predicted octanol–water partition coefficient (Wildman–Crippen LogP) is 3.37. The molecule has 2 aliphatic heterocycles. The Hall–Kier alpha value is -0.890. The molecule has 0 unspecified atom stereocenters. The minimum atomic E-state index is 0.620. The average Bonchev–Trinajstić information content (AvgIpc) is 2.49. The third kappa shape index (κ3) is 1.23. The van der Waals surface area contributed by atoms with Gasteiger partial charge in [0.1, 0.15) is 0 Å². The molecule has 0 bridgehead atoms. The lowest BCUT2D eigenvalue weighted by atomic mass is 10.1. The van der Waals surface area contributed by atoms with Gasteiger partial charge in [-0.3, -0.25) is 4.98 Å². The topological polar surface area (TPSA) is 12.9 Å². The molecule has 0 aromatic rings. The predicted molar refractivity (Wildman–Crippen MR) is 52.8 cm³/mol. The second-order valence-corrected chi connectivity index (χ2v) is 4.33. The highest BCUT2D eigenvalue weighted by molar-refractivity contribution is 7.15. The molecule has 62 valence electrons. The van der Waals surface area contributed by atoms with Crippen molar-refractivity contribution in [1.29, 1.82) is 0 Å². The van der Waals surface area contributed by atoms with Gasteiger partial charge in [-0.25, -0.2) is 0 Å². The van der Waals surface area contributed by atoms with E-state index in [0.717, 1.165) is 0 Å². The minimum Gasteiger partial charge on any atom is -0.263 e. The molecule has 2 aliphatic rings. The van der Waals surface area contributed by atoms with Crippen molar-refractivity contribution in [3.8, 4) is 10.4 Å². The number of nitrogens with zero attached hydrogens (tertiary/aromatic N) is 1. The Morgan fingerprint density at radius 3 is 2.83 bits per heavy atom. The van der Waals surface area contributed by atoms with Crippen LogP contribution in [0, 0.1) is 0 Å². The fourth-order valence-corrected chi connectivity index (χ4v) is 2.15. The van der Waals surface area contributed by atoms with E-state index in [2.05, 4.69) is 31.0 Å². The van der Waals surface area contributed by atoms with Gasteiger partial charge in [-0.2, -0.15) is 0 Å². The second kappa shape index (κ2) is 2.87. The highest BCUT2D eigenvalue weighted by Gasteiger charge is 2.06. The summed E-state index contributed by atoms with van der Waals surface area (Å²) >= 11 is 1.84. The summed E-state index contributed by atoms with van der Waals surface area (Å²) in [5.74, 6) is 0.620. The molecule has 2 rings (SSSR count). The van der Waals surface area contributed by atoms with E-state index >= 15 is 0 Å². The van der Waals surface area contributed by atoms with E-state index in [9.17, 15) is 0 Å². The van der Waals surface area contributed by atoms with Gasteiger partial charge in [0.25, 0.3) is 0 Å². The van der Waals surface area contributed by atoms with Crippen molar-refractivity contribution in [2.75, 3.05) is 0 Å². The minimum absolute atomic E-state index is 0.620. The fourth-order valence-electron chi connectivity index (χ4n) is 1.18. The Kier molecular flexibility index (Phi) is 1.85. The first-order valence-corrected chi connectivity index (χ1v) is 4.92. The molecule has 2 heterocycles. The van der Waals surface area contributed by atoms with Crippen molar-refractivity contribution in [3.63, 3.8) is 0 Å². The monoisotopic (exact) mass is 177 g/mol. The zero-order valence-corrected chi connectivity index (χ0v) is 8.06. The third-order valence-corrected chi connectivity index (χ3v) is 3.32. The van der Waals surface area contributed by atoms with E-state index in [4.69, 9.17) is 0 Å². The Morgan fingerprint density at radius 1 is 1.25 bits per heavy atom. The summed E-state index contributed by atoms with van der Waals surface area (Å²) in [5, 5.41) is 0. The molecule has 12 heavy (non-hydrogen) atoms. The number of fused-ring (bicyclic) bond motifs is 1. The Balaban J connectivity index is 2.54. The molecule has 0 N–H and O–H groups in total. The summed E-state index contributed by atoms with van der Waals surface area (Å²) < 4.78 is 0. The molecule has 0 saturated carbocycles. The maximum Gasteiger partial charge on any atom is 0.0543 e. The van der Waals surface area contributed by atoms with Crippen molar-refractivity contribution in [1.82, 2.24) is 4.98 Å². The van der Waals surface area contributed by atoms with Crippen LogP contribution in [0.3, 0.4) is 0 Å². The standard InChI is InChI=1S/C10H11NS/c1-7(2)9-4-3-8-5-11-6-10(8)12-9/h3-7H,1-2H3. The van der Waals surface area contributed by atoms with E-state index in [0.29, 0.717) is 5.92 Å². The van der Waals surface area contributed by atoms with Crippen LogP contribution in [0.4, 0.5) is 0 Å². The first kappa shape index (κ1) is 7.74. The molecule has 0 radical (unpaired) electrons. The maximum absolute atomic E-state index is 4.11. The molecule has 0 aliphatic carbocycles. The average molecular weight is 177 g/mol. The normalized spacial score (nSPS) is 11.2. The SMILES string of the molecule is CC(C)c1ccc2cncc-2s1. The van der Waals surface area contributed by atoms with Crippen LogP contribution in [-0.2, 0) is 0 Å². The van der Waals surface area contributed by atoms with Gasteiger partial charge in [0, 0.05) is 22.8 Å². The first-order valence-electron chi connectivity index (χ1n) is 4.11. The van der Waals surface area contributed by atoms with Gasteiger partial charge in [0.2, 0.25) is 0 Å². The van der Waals surface area contributed by atoms with Crippen LogP contribution < -0.4 is 0 Å². The fraction of sp³-hybridized carbons (Fsp3) is 0.300. The molecule has 0 spiro atoms. The molecule has 1 nitrogen and oxygen atoms in total. The first-order chi connectivity index (χ1) is 5.77. The lowest BCUT2D eigenvalue weighted by Gasteiger charge is -2.05. The van der Waals surface area contributed by atoms with Crippen LogP contribution in [0.15, 0.2) is 24.5 Å². The Labute approximate surface area is 76.4 Å². The van der Waals surface area contributed by atoms with Crippen LogP contribution in [0.1, 0.15) is 24.6 Å². The van der Waals surface area contributed by atoms with Crippen molar-refractivity contribution < 1.29 is 0 Å². The summed E-state index contributed by atoms with van der Waals surface area (Å²) in [5.41, 5.74) is 1.25. The van der Waals surface area contributed by atoms with Gasteiger partial charge in [-0.1, -0.05) is 19.9 Å². The Bertz CT molecular complexity index is 351. The van der Waals surface area contributed by atoms with Gasteiger partial charge in [-0.05, 0) is 12.0 Å². The highest BCUT2D eigenvalue weighted by Crippen LogP contribution is 2.31. The van der Waals surface area contributed by atoms with E-state index in [1.165, 1.54) is 15.3 Å². The lowest BCUT2D eigenvalue weighted by Crippen LogP contribution is -1.83. The molecule has 0 aromatic heterocycles. The molecular weight excluding hydrogens is 166 g/mol. The molecule has 0 amide bonds. The molecule has 0 atom stereocenters. The zero-order chi connectivity index (χ0) is 8.55. The van der Waals surface area contributed by atoms with Gasteiger partial charge in [0.15, 0.2) is 0 Å². The molecule has 0 aromatic carbocycles. The van der Waals surface area contributed by atoms with Crippen molar-refractivity contribution in [2.45, 2.75) is 19.8 Å². The van der Waals surface area contributed by atoms with Crippen LogP contribution >= 0.6 is 11.3 Å². The van der Waals surface area contributed by atoms with E-state index in [1.807, 2.05) is 23.7 Å². The van der Waals surface area contributed by atoms with Gasteiger partial charge in [0.05, 0.1) is 4.88 Å². The van der Waals surface area contributed by atoms with Crippen molar-refractivity contribution >= 4 is 11.3 Å². The van der Waals surface area contributed by atoms with E-state index < -0.39 is 0 Å².